The molecule has 1 saturated heterocycles. The molecule has 4 N–H and O–H groups in total. The van der Waals surface area contributed by atoms with E-state index in [1.165, 1.54) is 23.1 Å². The third kappa shape index (κ3) is 6.09. The standard InChI is InChI=1S/C25H31BF5N3O3/c1-15-7-16-8-17(26(36)37)3-4-20(16)24(34(15)13-25(30,31)14-35)23-21(28)9-18(10-22(23)29)32-19-11-33(12-19)6-2-5-27/h3-4,8-10,15,19,24,32,35-37H,2,5-7,11-14H2,1H3/t15-,24?/m1/s1. The topological polar surface area (TPSA) is 79.2 Å². The number of aliphatic hydroxyl groups is 1. The number of rotatable bonds is 10. The molecule has 2 aromatic carbocycles. The van der Waals surface area contributed by atoms with Crippen LogP contribution in [0.4, 0.5) is 27.6 Å². The molecule has 37 heavy (non-hydrogen) atoms. The second-order valence-corrected chi connectivity index (χ2v) is 9.97. The predicted molar refractivity (Wildman–Crippen MR) is 131 cm³/mol. The van der Waals surface area contributed by atoms with E-state index in [9.17, 15) is 28.3 Å². The van der Waals surface area contributed by atoms with Gasteiger partial charge in [0.15, 0.2) is 0 Å². The van der Waals surface area contributed by atoms with Gasteiger partial charge in [0.25, 0.3) is 5.92 Å². The molecule has 4 rings (SSSR count). The summed E-state index contributed by atoms with van der Waals surface area (Å²) in [5.74, 6) is -5.33. The number of aliphatic hydroxyl groups excluding tert-OH is 1. The first-order valence-electron chi connectivity index (χ1n) is 12.3. The Morgan fingerprint density at radius 2 is 1.78 bits per heavy atom. The number of hydrogen-bond donors (Lipinski definition) is 4. The van der Waals surface area contributed by atoms with Gasteiger partial charge in [0, 0.05) is 36.9 Å². The quantitative estimate of drug-likeness (QED) is 0.280. The van der Waals surface area contributed by atoms with E-state index in [0.717, 1.165) is 12.1 Å². The zero-order valence-corrected chi connectivity index (χ0v) is 20.5. The fourth-order valence-electron chi connectivity index (χ4n) is 5.28. The van der Waals surface area contributed by atoms with E-state index < -0.39 is 62.1 Å². The van der Waals surface area contributed by atoms with Crippen molar-refractivity contribution in [2.75, 3.05) is 44.8 Å². The number of hydrogen-bond acceptors (Lipinski definition) is 6. The summed E-state index contributed by atoms with van der Waals surface area (Å²) in [5, 5.41) is 31.4. The molecule has 0 saturated carbocycles. The first-order chi connectivity index (χ1) is 17.5. The molecule has 0 amide bonds. The van der Waals surface area contributed by atoms with Gasteiger partial charge >= 0.3 is 7.12 Å². The minimum absolute atomic E-state index is 0.0530. The van der Waals surface area contributed by atoms with E-state index in [4.69, 9.17) is 0 Å². The van der Waals surface area contributed by atoms with Gasteiger partial charge in [-0.3, -0.25) is 14.2 Å². The van der Waals surface area contributed by atoms with E-state index in [1.807, 2.05) is 4.90 Å². The number of alkyl halides is 3. The lowest BCUT2D eigenvalue weighted by Gasteiger charge is -2.44. The van der Waals surface area contributed by atoms with Crippen LogP contribution in [-0.2, 0) is 6.42 Å². The molecule has 0 bridgehead atoms. The SMILES string of the molecule is C[C@@H]1Cc2cc(B(O)O)ccc2C(c2c(F)cc(NC3CN(CCCF)C3)cc2F)N1CC(F)(F)CO. The lowest BCUT2D eigenvalue weighted by molar-refractivity contribution is -0.0867. The van der Waals surface area contributed by atoms with Gasteiger partial charge in [0.05, 0.1) is 25.3 Å². The van der Waals surface area contributed by atoms with Gasteiger partial charge in [0.1, 0.15) is 18.2 Å². The van der Waals surface area contributed by atoms with Crippen LogP contribution < -0.4 is 10.8 Å². The fraction of sp³-hybridized carbons (Fsp3) is 0.520. The summed E-state index contributed by atoms with van der Waals surface area (Å²) >= 11 is 0. The third-order valence-corrected chi connectivity index (χ3v) is 7.11. The molecule has 12 heteroatoms. The summed E-state index contributed by atoms with van der Waals surface area (Å²) in [6.07, 6.45) is 0.661. The van der Waals surface area contributed by atoms with Crippen molar-refractivity contribution in [1.29, 1.82) is 0 Å². The Balaban J connectivity index is 1.67. The van der Waals surface area contributed by atoms with Gasteiger partial charge in [-0.05, 0) is 48.5 Å². The molecule has 2 aliphatic heterocycles. The van der Waals surface area contributed by atoms with Gasteiger partial charge in [-0.2, -0.15) is 0 Å². The highest BCUT2D eigenvalue weighted by molar-refractivity contribution is 6.58. The van der Waals surface area contributed by atoms with Crippen LogP contribution in [0.1, 0.15) is 36.1 Å². The average Bonchev–Trinajstić information content (AvgIpc) is 2.81. The fourth-order valence-corrected chi connectivity index (χ4v) is 5.28. The number of nitrogens with one attached hydrogen (secondary N) is 1. The zero-order valence-electron chi connectivity index (χ0n) is 20.5. The molecule has 1 unspecified atom stereocenters. The number of nitrogens with zero attached hydrogens (tertiary/aromatic N) is 2. The van der Waals surface area contributed by atoms with Crippen molar-refractivity contribution < 1.29 is 37.1 Å². The number of halogens is 5. The van der Waals surface area contributed by atoms with E-state index in [1.54, 1.807) is 6.92 Å². The Labute approximate surface area is 212 Å². The number of likely N-dealkylation sites (tertiary alicyclic amines) is 1. The van der Waals surface area contributed by atoms with Gasteiger partial charge < -0.3 is 20.5 Å². The second kappa shape index (κ2) is 11.2. The monoisotopic (exact) mass is 527 g/mol. The van der Waals surface area contributed by atoms with Crippen molar-refractivity contribution in [2.24, 2.45) is 0 Å². The Bertz CT molecular complexity index is 1080. The zero-order chi connectivity index (χ0) is 26.9. The maximum absolute atomic E-state index is 15.6. The molecule has 2 aliphatic rings. The summed E-state index contributed by atoms with van der Waals surface area (Å²) < 4.78 is 72.1. The lowest BCUT2D eigenvalue weighted by atomic mass is 9.75. The summed E-state index contributed by atoms with van der Waals surface area (Å²) in [7, 11) is -1.76. The summed E-state index contributed by atoms with van der Waals surface area (Å²) in [4.78, 5) is 3.30. The molecule has 1 fully saturated rings. The summed E-state index contributed by atoms with van der Waals surface area (Å²) in [5.41, 5.74) is 0.930. The van der Waals surface area contributed by atoms with Crippen LogP contribution in [0.25, 0.3) is 0 Å². The molecule has 0 spiro atoms. The van der Waals surface area contributed by atoms with Crippen molar-refractivity contribution in [3.05, 3.63) is 58.7 Å². The summed E-state index contributed by atoms with van der Waals surface area (Å²) in [6, 6.07) is 4.75. The highest BCUT2D eigenvalue weighted by Crippen LogP contribution is 2.41. The first kappa shape index (κ1) is 27.8. The van der Waals surface area contributed by atoms with Crippen LogP contribution in [-0.4, -0.2) is 89.5 Å². The highest BCUT2D eigenvalue weighted by atomic mass is 19.3. The van der Waals surface area contributed by atoms with Crippen LogP contribution in [0.3, 0.4) is 0 Å². The molecule has 0 aromatic heterocycles. The van der Waals surface area contributed by atoms with Crippen LogP contribution >= 0.6 is 0 Å². The first-order valence-corrected chi connectivity index (χ1v) is 12.3. The van der Waals surface area contributed by atoms with Crippen LogP contribution in [0.15, 0.2) is 30.3 Å². The maximum Gasteiger partial charge on any atom is 0.488 e. The molecular weight excluding hydrogens is 496 g/mol. The van der Waals surface area contributed by atoms with Gasteiger partial charge in [-0.25, -0.2) is 17.6 Å². The second-order valence-electron chi connectivity index (χ2n) is 9.97. The smallest absolute Gasteiger partial charge is 0.423 e. The largest absolute Gasteiger partial charge is 0.488 e. The van der Waals surface area contributed by atoms with E-state index in [2.05, 4.69) is 5.32 Å². The van der Waals surface area contributed by atoms with Gasteiger partial charge in [-0.1, -0.05) is 18.2 Å². The highest BCUT2D eigenvalue weighted by Gasteiger charge is 2.42. The summed E-state index contributed by atoms with van der Waals surface area (Å²) in [6.45, 7) is 0.737. The number of benzene rings is 2. The number of fused-ring (bicyclic) bond motifs is 1. The Hall–Kier alpha value is -2.25. The van der Waals surface area contributed by atoms with Crippen molar-refractivity contribution >= 4 is 18.3 Å². The molecular formula is C25H31BF5N3O3. The van der Waals surface area contributed by atoms with E-state index in [-0.39, 0.29) is 23.6 Å². The normalized spacial score (nSPS) is 21.0. The average molecular weight is 527 g/mol. The Morgan fingerprint density at radius 3 is 2.38 bits per heavy atom. The van der Waals surface area contributed by atoms with Crippen molar-refractivity contribution in [3.63, 3.8) is 0 Å². The molecule has 2 atom stereocenters. The van der Waals surface area contributed by atoms with Gasteiger partial charge in [-0.15, -0.1) is 0 Å². The Morgan fingerprint density at radius 1 is 1.11 bits per heavy atom. The predicted octanol–water partition coefficient (Wildman–Crippen LogP) is 2.06. The van der Waals surface area contributed by atoms with Crippen molar-refractivity contribution in [2.45, 2.75) is 43.8 Å². The molecule has 2 heterocycles. The lowest BCUT2D eigenvalue weighted by Crippen LogP contribution is -2.54. The molecule has 0 aliphatic carbocycles. The Kier molecular flexibility index (Phi) is 8.44. The minimum atomic E-state index is -3.50. The van der Waals surface area contributed by atoms with E-state index >= 15 is 8.78 Å². The van der Waals surface area contributed by atoms with Crippen LogP contribution in [0.2, 0.25) is 0 Å². The maximum atomic E-state index is 15.6. The molecule has 0 radical (unpaired) electrons. The van der Waals surface area contributed by atoms with Crippen molar-refractivity contribution in [3.8, 4) is 0 Å². The van der Waals surface area contributed by atoms with Gasteiger partial charge in [0.2, 0.25) is 0 Å². The minimum Gasteiger partial charge on any atom is -0.423 e. The van der Waals surface area contributed by atoms with Crippen LogP contribution in [0, 0.1) is 11.6 Å². The van der Waals surface area contributed by atoms with Crippen LogP contribution in [0.5, 0.6) is 0 Å². The molecule has 6 nitrogen and oxygen atoms in total. The molecule has 202 valence electrons. The number of anilines is 1. The van der Waals surface area contributed by atoms with E-state index in [0.29, 0.717) is 37.2 Å². The third-order valence-electron chi connectivity index (χ3n) is 7.11. The molecule has 2 aromatic rings. The van der Waals surface area contributed by atoms with Crippen molar-refractivity contribution in [1.82, 2.24) is 9.80 Å².